The number of carbonyl (C=O) groups is 1. The maximum absolute atomic E-state index is 12.3. The van der Waals surface area contributed by atoms with Gasteiger partial charge in [0, 0.05) is 18.8 Å². The molecule has 7 heteroatoms. The fourth-order valence-electron chi connectivity index (χ4n) is 2.64. The van der Waals surface area contributed by atoms with E-state index >= 15 is 0 Å². The van der Waals surface area contributed by atoms with Crippen molar-refractivity contribution in [3.05, 3.63) is 59.2 Å². The van der Waals surface area contributed by atoms with E-state index in [1.807, 2.05) is 32.0 Å². The van der Waals surface area contributed by atoms with Gasteiger partial charge in [-0.25, -0.2) is 13.1 Å². The Morgan fingerprint density at radius 2 is 1.74 bits per heavy atom. The van der Waals surface area contributed by atoms with E-state index in [4.69, 9.17) is 4.74 Å². The Morgan fingerprint density at radius 3 is 2.33 bits per heavy atom. The Kier molecular flexibility index (Phi) is 7.12. The van der Waals surface area contributed by atoms with Crippen molar-refractivity contribution in [2.24, 2.45) is 0 Å². The molecular formula is C20H26N2O4S. The zero-order valence-electron chi connectivity index (χ0n) is 16.1. The molecule has 0 heterocycles. The van der Waals surface area contributed by atoms with E-state index in [2.05, 4.69) is 10.0 Å². The predicted molar refractivity (Wildman–Crippen MR) is 106 cm³/mol. The summed E-state index contributed by atoms with van der Waals surface area (Å²) in [7, 11) is -2.11. The van der Waals surface area contributed by atoms with Crippen LogP contribution in [-0.4, -0.2) is 34.1 Å². The third kappa shape index (κ3) is 6.16. The van der Waals surface area contributed by atoms with E-state index in [1.165, 1.54) is 24.8 Å². The summed E-state index contributed by atoms with van der Waals surface area (Å²) in [6.45, 7) is 6.05. The molecule has 0 bridgehead atoms. The minimum atomic E-state index is -3.63. The normalized spacial score (nSPS) is 12.6. The maximum atomic E-state index is 12.3. The van der Waals surface area contributed by atoms with Gasteiger partial charge in [0.25, 0.3) is 0 Å². The van der Waals surface area contributed by atoms with Crippen molar-refractivity contribution in [2.75, 3.05) is 19.0 Å². The van der Waals surface area contributed by atoms with Gasteiger partial charge >= 0.3 is 0 Å². The van der Waals surface area contributed by atoms with Crippen molar-refractivity contribution in [2.45, 2.75) is 38.1 Å². The minimum Gasteiger partial charge on any atom is -0.383 e. The van der Waals surface area contributed by atoms with Gasteiger partial charge < -0.3 is 10.1 Å². The fraction of sp³-hybridized carbons (Fsp3) is 0.350. The van der Waals surface area contributed by atoms with E-state index in [0.29, 0.717) is 5.69 Å². The molecule has 2 N–H and O–H groups in total. The second-order valence-corrected chi connectivity index (χ2v) is 8.36. The Balaban J connectivity index is 2.00. The Labute approximate surface area is 161 Å². The highest BCUT2D eigenvalue weighted by molar-refractivity contribution is 7.89. The van der Waals surface area contributed by atoms with Crippen LogP contribution < -0.4 is 10.0 Å². The highest BCUT2D eigenvalue weighted by atomic mass is 32.2. The second-order valence-electron chi connectivity index (χ2n) is 6.65. The topological polar surface area (TPSA) is 84.5 Å². The summed E-state index contributed by atoms with van der Waals surface area (Å²) in [6.07, 6.45) is 0.261. The second kappa shape index (κ2) is 9.12. The Morgan fingerprint density at radius 1 is 1.07 bits per heavy atom. The number of benzene rings is 2. The summed E-state index contributed by atoms with van der Waals surface area (Å²) in [6, 6.07) is 11.7. The average molecular weight is 391 g/mol. The molecule has 0 saturated heterocycles. The molecule has 0 radical (unpaired) electrons. The van der Waals surface area contributed by atoms with E-state index in [9.17, 15) is 13.2 Å². The Hall–Kier alpha value is -2.22. The lowest BCUT2D eigenvalue weighted by Gasteiger charge is -2.13. The summed E-state index contributed by atoms with van der Waals surface area (Å²) in [5.74, 6) is -0.152. The smallest absolute Gasteiger partial charge is 0.240 e. The van der Waals surface area contributed by atoms with Crippen LogP contribution in [0, 0.1) is 13.8 Å². The van der Waals surface area contributed by atoms with Gasteiger partial charge in [0.2, 0.25) is 15.9 Å². The quantitative estimate of drug-likeness (QED) is 0.726. The number of hydrogen-bond acceptors (Lipinski definition) is 4. The number of rotatable bonds is 8. The van der Waals surface area contributed by atoms with Crippen LogP contribution in [0.15, 0.2) is 47.4 Å². The number of hydrogen-bond donors (Lipinski definition) is 2. The van der Waals surface area contributed by atoms with Crippen molar-refractivity contribution < 1.29 is 17.9 Å². The third-order valence-corrected chi connectivity index (χ3v) is 5.76. The predicted octanol–water partition coefficient (Wildman–Crippen LogP) is 2.80. The molecule has 2 rings (SSSR count). The number of methoxy groups -OCH3 is 1. The number of amides is 1. The molecule has 2 aromatic carbocycles. The molecule has 0 saturated carbocycles. The number of aryl methyl sites for hydroxylation is 2. The SMILES string of the molecule is COCC(C)NS(=O)(=O)c1ccc(NC(=O)Cc2ccc(C)c(C)c2)cc1. The van der Waals surface area contributed by atoms with Crippen molar-refractivity contribution in [3.63, 3.8) is 0 Å². The first-order valence-electron chi connectivity index (χ1n) is 8.68. The summed E-state index contributed by atoms with van der Waals surface area (Å²) >= 11 is 0. The van der Waals surface area contributed by atoms with Crippen LogP contribution >= 0.6 is 0 Å². The van der Waals surface area contributed by atoms with Crippen LogP contribution in [0.3, 0.4) is 0 Å². The highest BCUT2D eigenvalue weighted by Gasteiger charge is 2.17. The van der Waals surface area contributed by atoms with E-state index in [-0.39, 0.29) is 29.9 Å². The molecule has 0 aliphatic carbocycles. The minimum absolute atomic E-state index is 0.137. The fourth-order valence-corrected chi connectivity index (χ4v) is 3.87. The molecule has 1 atom stereocenters. The number of nitrogens with one attached hydrogen (secondary N) is 2. The van der Waals surface area contributed by atoms with Crippen LogP contribution in [0.25, 0.3) is 0 Å². The summed E-state index contributed by atoms with van der Waals surface area (Å²) in [5.41, 5.74) is 3.81. The number of anilines is 1. The number of carbonyl (C=O) groups excluding carboxylic acids is 1. The molecule has 0 aromatic heterocycles. The zero-order valence-corrected chi connectivity index (χ0v) is 16.9. The summed E-state index contributed by atoms with van der Waals surface area (Å²) in [5, 5.41) is 2.79. The molecule has 1 unspecified atom stereocenters. The van der Waals surface area contributed by atoms with Gasteiger partial charge in [-0.3, -0.25) is 4.79 Å². The lowest BCUT2D eigenvalue weighted by molar-refractivity contribution is -0.115. The molecule has 0 fully saturated rings. The first-order chi connectivity index (χ1) is 12.7. The standard InChI is InChI=1S/C20H26N2O4S/c1-14-5-6-17(11-15(14)2)12-20(23)21-18-7-9-19(10-8-18)27(24,25)22-16(3)13-26-4/h5-11,16,22H,12-13H2,1-4H3,(H,21,23). The molecule has 1 amide bonds. The van der Waals surface area contributed by atoms with E-state index in [1.54, 1.807) is 19.1 Å². The van der Waals surface area contributed by atoms with Crippen LogP contribution in [0.4, 0.5) is 5.69 Å². The van der Waals surface area contributed by atoms with Crippen molar-refractivity contribution in [1.82, 2.24) is 4.72 Å². The molecule has 0 aliphatic heterocycles. The van der Waals surface area contributed by atoms with Gasteiger partial charge in [0.15, 0.2) is 0 Å². The molecule has 0 aliphatic rings. The van der Waals surface area contributed by atoms with Crippen molar-refractivity contribution >= 4 is 21.6 Å². The van der Waals surface area contributed by atoms with Gasteiger partial charge in [0.1, 0.15) is 0 Å². The maximum Gasteiger partial charge on any atom is 0.240 e. The third-order valence-electron chi connectivity index (χ3n) is 4.16. The van der Waals surface area contributed by atoms with Gasteiger partial charge in [-0.05, 0) is 61.7 Å². The lowest BCUT2D eigenvalue weighted by Crippen LogP contribution is -2.35. The lowest BCUT2D eigenvalue weighted by atomic mass is 10.0. The molecule has 2 aromatic rings. The first-order valence-corrected chi connectivity index (χ1v) is 10.2. The van der Waals surface area contributed by atoms with Gasteiger partial charge in [0.05, 0.1) is 17.9 Å². The van der Waals surface area contributed by atoms with Crippen LogP contribution in [0.5, 0.6) is 0 Å². The number of sulfonamides is 1. The number of ether oxygens (including phenoxy) is 1. The van der Waals surface area contributed by atoms with Crippen molar-refractivity contribution in [3.8, 4) is 0 Å². The summed E-state index contributed by atoms with van der Waals surface area (Å²) < 4.78 is 32.1. The van der Waals surface area contributed by atoms with Crippen LogP contribution in [0.2, 0.25) is 0 Å². The van der Waals surface area contributed by atoms with Crippen LogP contribution in [-0.2, 0) is 26.0 Å². The highest BCUT2D eigenvalue weighted by Crippen LogP contribution is 2.16. The van der Waals surface area contributed by atoms with Gasteiger partial charge in [-0.2, -0.15) is 0 Å². The monoisotopic (exact) mass is 390 g/mol. The average Bonchev–Trinajstić information content (AvgIpc) is 2.58. The molecule has 6 nitrogen and oxygen atoms in total. The molecular weight excluding hydrogens is 364 g/mol. The van der Waals surface area contributed by atoms with Crippen molar-refractivity contribution in [1.29, 1.82) is 0 Å². The van der Waals surface area contributed by atoms with E-state index in [0.717, 1.165) is 11.1 Å². The summed E-state index contributed by atoms with van der Waals surface area (Å²) in [4.78, 5) is 12.4. The largest absolute Gasteiger partial charge is 0.383 e. The molecule has 146 valence electrons. The molecule has 0 spiro atoms. The Bertz CT molecular complexity index is 893. The first kappa shape index (κ1) is 21.1. The van der Waals surface area contributed by atoms with Gasteiger partial charge in [-0.15, -0.1) is 0 Å². The van der Waals surface area contributed by atoms with E-state index < -0.39 is 10.0 Å². The molecule has 27 heavy (non-hydrogen) atoms. The van der Waals surface area contributed by atoms with Gasteiger partial charge in [-0.1, -0.05) is 18.2 Å². The zero-order chi connectivity index (χ0) is 20.0. The van der Waals surface area contributed by atoms with Crippen LogP contribution in [0.1, 0.15) is 23.6 Å².